The molecule has 4 rings (SSSR count). The monoisotopic (exact) mass is 268 g/mol. The number of amides is 1. The summed E-state index contributed by atoms with van der Waals surface area (Å²) in [5.74, 6) is 0.819. The third-order valence-corrected chi connectivity index (χ3v) is 4.50. The average Bonchev–Trinajstić information content (AvgIpc) is 3.23. The van der Waals surface area contributed by atoms with Crippen molar-refractivity contribution in [3.8, 4) is 11.3 Å². The van der Waals surface area contributed by atoms with Crippen LogP contribution in [-0.4, -0.2) is 28.4 Å². The van der Waals surface area contributed by atoms with Crippen molar-refractivity contribution in [1.29, 1.82) is 0 Å². The van der Waals surface area contributed by atoms with Crippen molar-refractivity contribution >= 4 is 5.91 Å². The first kappa shape index (κ1) is 11.7. The largest absolute Gasteiger partial charge is 0.472 e. The van der Waals surface area contributed by atoms with E-state index >= 15 is 0 Å². The van der Waals surface area contributed by atoms with Crippen molar-refractivity contribution in [2.24, 2.45) is 5.92 Å². The van der Waals surface area contributed by atoms with Gasteiger partial charge < -0.3 is 9.32 Å². The number of aromatic nitrogens is 1. The van der Waals surface area contributed by atoms with Crippen molar-refractivity contribution in [3.05, 3.63) is 42.5 Å². The number of carbonyl (C=O) groups is 1. The van der Waals surface area contributed by atoms with Gasteiger partial charge in [0.1, 0.15) is 0 Å². The maximum atomic E-state index is 12.8. The van der Waals surface area contributed by atoms with E-state index in [2.05, 4.69) is 4.98 Å². The molecule has 1 saturated heterocycles. The van der Waals surface area contributed by atoms with Crippen molar-refractivity contribution in [2.45, 2.75) is 25.3 Å². The van der Waals surface area contributed by atoms with Crippen molar-refractivity contribution < 1.29 is 9.21 Å². The molecule has 1 saturated carbocycles. The molecule has 4 heteroatoms. The summed E-state index contributed by atoms with van der Waals surface area (Å²) < 4.78 is 5.11. The van der Waals surface area contributed by atoms with Crippen LogP contribution in [0.3, 0.4) is 0 Å². The van der Waals surface area contributed by atoms with E-state index in [1.54, 1.807) is 18.7 Å². The van der Waals surface area contributed by atoms with Crippen LogP contribution in [0.5, 0.6) is 0 Å². The summed E-state index contributed by atoms with van der Waals surface area (Å²) in [5, 5.41) is 0. The quantitative estimate of drug-likeness (QED) is 0.841. The number of fused-ring (bicyclic) bond motifs is 2. The molecular weight excluding hydrogens is 252 g/mol. The lowest BCUT2D eigenvalue weighted by Crippen LogP contribution is -2.37. The molecule has 3 heterocycles. The predicted octanol–water partition coefficient (Wildman–Crippen LogP) is 2.97. The fraction of sp³-hybridized carbons (Fsp3) is 0.375. The summed E-state index contributed by atoms with van der Waals surface area (Å²) in [6.07, 6.45) is 8.56. The van der Waals surface area contributed by atoms with Gasteiger partial charge in [0.15, 0.2) is 0 Å². The summed E-state index contributed by atoms with van der Waals surface area (Å²) in [6.45, 7) is 0.906. The van der Waals surface area contributed by atoms with Gasteiger partial charge in [0.05, 0.1) is 23.8 Å². The lowest BCUT2D eigenvalue weighted by atomic mass is 10.1. The summed E-state index contributed by atoms with van der Waals surface area (Å²) in [7, 11) is 0. The Hall–Kier alpha value is -2.10. The number of piperidine rings is 1. The number of rotatable bonds is 2. The Bertz CT molecular complexity index is 636. The fourth-order valence-corrected chi connectivity index (χ4v) is 3.54. The second-order valence-corrected chi connectivity index (χ2v) is 5.70. The molecule has 2 aromatic heterocycles. The maximum absolute atomic E-state index is 12.8. The molecule has 1 aliphatic heterocycles. The first-order valence-electron chi connectivity index (χ1n) is 7.11. The number of furan rings is 1. The smallest absolute Gasteiger partial charge is 0.256 e. The van der Waals surface area contributed by atoms with Gasteiger partial charge in [0.25, 0.3) is 5.91 Å². The topological polar surface area (TPSA) is 46.3 Å². The summed E-state index contributed by atoms with van der Waals surface area (Å²) >= 11 is 0. The van der Waals surface area contributed by atoms with Gasteiger partial charge in [-0.15, -0.1) is 0 Å². The summed E-state index contributed by atoms with van der Waals surface area (Å²) in [5.41, 5.74) is 2.26. The lowest BCUT2D eigenvalue weighted by molar-refractivity contribution is 0.0704. The molecule has 2 aliphatic rings. The minimum absolute atomic E-state index is 0.113. The molecule has 2 atom stereocenters. The molecule has 2 aromatic rings. The molecule has 0 aromatic carbocycles. The zero-order valence-electron chi connectivity index (χ0n) is 11.2. The molecule has 0 unspecified atom stereocenters. The Kier molecular flexibility index (Phi) is 2.62. The number of nitrogens with zero attached hydrogens (tertiary/aromatic N) is 2. The van der Waals surface area contributed by atoms with E-state index in [4.69, 9.17) is 4.42 Å². The molecule has 4 nitrogen and oxygen atoms in total. The highest BCUT2D eigenvalue weighted by molar-refractivity contribution is 6.00. The molecule has 1 aliphatic carbocycles. The van der Waals surface area contributed by atoms with Crippen LogP contribution in [-0.2, 0) is 0 Å². The van der Waals surface area contributed by atoms with Gasteiger partial charge in [-0.3, -0.25) is 9.78 Å². The zero-order valence-corrected chi connectivity index (χ0v) is 11.2. The van der Waals surface area contributed by atoms with Crippen LogP contribution >= 0.6 is 0 Å². The summed E-state index contributed by atoms with van der Waals surface area (Å²) in [6, 6.07) is 5.97. The fourth-order valence-electron chi connectivity index (χ4n) is 3.54. The van der Waals surface area contributed by atoms with Gasteiger partial charge in [-0.2, -0.15) is 0 Å². The van der Waals surface area contributed by atoms with Gasteiger partial charge >= 0.3 is 0 Å². The highest BCUT2D eigenvalue weighted by atomic mass is 16.3. The lowest BCUT2D eigenvalue weighted by Gasteiger charge is -2.27. The van der Waals surface area contributed by atoms with Crippen LogP contribution in [0.25, 0.3) is 11.3 Å². The highest BCUT2D eigenvalue weighted by Gasteiger charge is 2.40. The first-order valence-corrected chi connectivity index (χ1v) is 7.11. The Morgan fingerprint density at radius 1 is 1.35 bits per heavy atom. The van der Waals surface area contributed by atoms with Crippen molar-refractivity contribution in [1.82, 2.24) is 9.88 Å². The van der Waals surface area contributed by atoms with Crippen molar-refractivity contribution in [3.63, 3.8) is 0 Å². The van der Waals surface area contributed by atoms with E-state index in [1.165, 1.54) is 12.8 Å². The third-order valence-electron chi connectivity index (χ3n) is 4.50. The van der Waals surface area contributed by atoms with Gasteiger partial charge in [-0.25, -0.2) is 0 Å². The number of hydrogen-bond donors (Lipinski definition) is 0. The van der Waals surface area contributed by atoms with Gasteiger partial charge in [0, 0.05) is 24.3 Å². The molecule has 2 fully saturated rings. The van der Waals surface area contributed by atoms with Crippen LogP contribution in [0.4, 0.5) is 0 Å². The molecule has 2 bridgehead atoms. The van der Waals surface area contributed by atoms with E-state index in [0.717, 1.165) is 18.5 Å². The predicted molar refractivity (Wildman–Crippen MR) is 74.1 cm³/mol. The van der Waals surface area contributed by atoms with Crippen LogP contribution < -0.4 is 0 Å². The molecule has 20 heavy (non-hydrogen) atoms. The van der Waals surface area contributed by atoms with Crippen molar-refractivity contribution in [2.75, 3.05) is 6.54 Å². The van der Waals surface area contributed by atoms with Crippen LogP contribution in [0.2, 0.25) is 0 Å². The Labute approximate surface area is 117 Å². The second kappa shape index (κ2) is 4.47. The minimum Gasteiger partial charge on any atom is -0.472 e. The Morgan fingerprint density at radius 3 is 3.00 bits per heavy atom. The first-order chi connectivity index (χ1) is 9.83. The molecule has 0 spiro atoms. The zero-order chi connectivity index (χ0) is 13.5. The minimum atomic E-state index is 0.113. The molecule has 0 radical (unpaired) electrons. The third kappa shape index (κ3) is 1.75. The number of likely N-dealkylation sites (tertiary alicyclic amines) is 1. The van der Waals surface area contributed by atoms with Crippen LogP contribution in [0, 0.1) is 5.92 Å². The van der Waals surface area contributed by atoms with Crippen LogP contribution in [0.1, 0.15) is 29.6 Å². The molecule has 102 valence electrons. The van der Waals surface area contributed by atoms with E-state index < -0.39 is 0 Å². The van der Waals surface area contributed by atoms with E-state index in [-0.39, 0.29) is 5.91 Å². The molecule has 1 amide bonds. The molecule has 0 N–H and O–H groups in total. The standard InChI is InChI=1S/C16H16N2O2/c19-16(18-9-11-3-4-13(18)8-11)14-2-1-6-17-15(14)12-5-7-20-10-12/h1-2,5-7,10-11,13H,3-4,8-9H2/t11-,13+/m0/s1. The number of hydrogen-bond acceptors (Lipinski definition) is 3. The van der Waals surface area contributed by atoms with Crippen LogP contribution in [0.15, 0.2) is 41.3 Å². The van der Waals surface area contributed by atoms with E-state index in [0.29, 0.717) is 23.2 Å². The second-order valence-electron chi connectivity index (χ2n) is 5.70. The van der Waals surface area contributed by atoms with E-state index in [1.807, 2.05) is 23.1 Å². The Morgan fingerprint density at radius 2 is 2.30 bits per heavy atom. The molecular formula is C16H16N2O2. The van der Waals surface area contributed by atoms with Gasteiger partial charge in [0.2, 0.25) is 0 Å². The normalized spacial score (nSPS) is 24.3. The number of pyridine rings is 1. The maximum Gasteiger partial charge on any atom is 0.256 e. The number of carbonyl (C=O) groups excluding carboxylic acids is 1. The SMILES string of the molecule is O=C(c1cccnc1-c1ccoc1)N1C[C@H]2CC[C@@H]1C2. The van der Waals surface area contributed by atoms with Gasteiger partial charge in [-0.1, -0.05) is 0 Å². The average molecular weight is 268 g/mol. The van der Waals surface area contributed by atoms with E-state index in [9.17, 15) is 4.79 Å². The summed E-state index contributed by atoms with van der Waals surface area (Å²) in [4.78, 5) is 19.2. The Balaban J connectivity index is 1.70. The van der Waals surface area contributed by atoms with Gasteiger partial charge in [-0.05, 0) is 43.4 Å². The highest BCUT2D eigenvalue weighted by Crippen LogP contribution is 2.38.